The zero-order valence-electron chi connectivity index (χ0n) is 18.8. The van der Waals surface area contributed by atoms with Crippen LogP contribution in [0.4, 0.5) is 5.69 Å². The Morgan fingerprint density at radius 2 is 1.69 bits per heavy atom. The van der Waals surface area contributed by atoms with Gasteiger partial charge in [-0.1, -0.05) is 30.3 Å². The summed E-state index contributed by atoms with van der Waals surface area (Å²) in [6.07, 6.45) is 5.33. The molecule has 1 aromatic heterocycles. The van der Waals surface area contributed by atoms with Gasteiger partial charge >= 0.3 is 0 Å². The molecule has 2 amide bonds. The van der Waals surface area contributed by atoms with Crippen LogP contribution in [-0.2, 0) is 4.79 Å². The van der Waals surface area contributed by atoms with Gasteiger partial charge in [0.2, 0.25) is 5.91 Å². The number of likely N-dealkylation sites (tertiary alicyclic amines) is 1. The lowest BCUT2D eigenvalue weighted by Gasteiger charge is -2.19. The van der Waals surface area contributed by atoms with E-state index in [2.05, 4.69) is 10.4 Å². The Balaban J connectivity index is 1.55. The second-order valence-electron chi connectivity index (χ2n) is 8.15. The van der Waals surface area contributed by atoms with Crippen molar-refractivity contribution in [2.24, 2.45) is 0 Å². The Morgan fingerprint density at radius 3 is 2.41 bits per heavy atom. The molecule has 3 aromatic rings. The molecule has 6 nitrogen and oxygen atoms in total. The summed E-state index contributed by atoms with van der Waals surface area (Å²) in [6.45, 7) is 7.35. The molecule has 2 aromatic carbocycles. The number of hydrogen-bond acceptors (Lipinski definition) is 3. The number of benzene rings is 2. The van der Waals surface area contributed by atoms with Gasteiger partial charge in [0.05, 0.1) is 22.6 Å². The molecular weight excluding hydrogens is 400 g/mol. The molecule has 0 atom stereocenters. The van der Waals surface area contributed by atoms with E-state index < -0.39 is 0 Å². The Kier molecular flexibility index (Phi) is 6.21. The Bertz CT molecular complexity index is 1170. The van der Waals surface area contributed by atoms with Crippen LogP contribution in [0.5, 0.6) is 0 Å². The summed E-state index contributed by atoms with van der Waals surface area (Å²) in [5.41, 5.74) is 5.66. The van der Waals surface area contributed by atoms with Gasteiger partial charge in [0.25, 0.3) is 5.91 Å². The lowest BCUT2D eigenvalue weighted by Crippen LogP contribution is -2.29. The number of carbonyl (C=O) groups excluding carboxylic acids is 2. The second-order valence-corrected chi connectivity index (χ2v) is 8.15. The van der Waals surface area contributed by atoms with Crippen LogP contribution in [-0.4, -0.2) is 39.6 Å². The first-order valence-corrected chi connectivity index (χ1v) is 11.0. The highest BCUT2D eigenvalue weighted by atomic mass is 16.2. The van der Waals surface area contributed by atoms with Gasteiger partial charge in [0.15, 0.2) is 0 Å². The van der Waals surface area contributed by atoms with Crippen molar-refractivity contribution < 1.29 is 9.59 Å². The Morgan fingerprint density at radius 1 is 0.969 bits per heavy atom. The molecule has 1 N–H and O–H groups in total. The third-order valence-corrected chi connectivity index (χ3v) is 5.89. The van der Waals surface area contributed by atoms with Crippen LogP contribution in [0.3, 0.4) is 0 Å². The first kappa shape index (κ1) is 21.6. The summed E-state index contributed by atoms with van der Waals surface area (Å²) in [4.78, 5) is 27.6. The van der Waals surface area contributed by atoms with Crippen LogP contribution in [0.1, 0.15) is 45.7 Å². The summed E-state index contributed by atoms with van der Waals surface area (Å²) in [5, 5.41) is 7.52. The van der Waals surface area contributed by atoms with Crippen molar-refractivity contribution in [3.63, 3.8) is 0 Å². The van der Waals surface area contributed by atoms with Crippen molar-refractivity contribution in [3.8, 4) is 5.69 Å². The van der Waals surface area contributed by atoms with E-state index in [9.17, 15) is 9.59 Å². The normalized spacial score (nSPS) is 13.7. The maximum absolute atomic E-state index is 13.0. The fourth-order valence-corrected chi connectivity index (χ4v) is 4.18. The second kappa shape index (κ2) is 9.22. The molecule has 0 saturated carbocycles. The van der Waals surface area contributed by atoms with Gasteiger partial charge in [-0.3, -0.25) is 9.59 Å². The highest BCUT2D eigenvalue weighted by Gasteiger charge is 2.23. The summed E-state index contributed by atoms with van der Waals surface area (Å²) >= 11 is 0. The largest absolute Gasteiger partial charge is 0.339 e. The molecule has 0 radical (unpaired) electrons. The van der Waals surface area contributed by atoms with E-state index in [0.29, 0.717) is 11.3 Å². The predicted molar refractivity (Wildman–Crippen MR) is 127 cm³/mol. The minimum atomic E-state index is -0.280. The quantitative estimate of drug-likeness (QED) is 0.600. The summed E-state index contributed by atoms with van der Waals surface area (Å²) in [5.74, 6) is -0.298. The van der Waals surface area contributed by atoms with Crippen LogP contribution in [0.15, 0.2) is 54.6 Å². The minimum absolute atomic E-state index is 0.0179. The van der Waals surface area contributed by atoms with Gasteiger partial charge < -0.3 is 10.2 Å². The maximum Gasteiger partial charge on any atom is 0.256 e. The summed E-state index contributed by atoms with van der Waals surface area (Å²) < 4.78 is 1.88. The Hall–Kier alpha value is -3.67. The molecule has 0 bridgehead atoms. The van der Waals surface area contributed by atoms with Gasteiger partial charge in [-0.15, -0.1) is 0 Å². The van der Waals surface area contributed by atoms with Crippen LogP contribution in [0.2, 0.25) is 0 Å². The van der Waals surface area contributed by atoms with E-state index in [4.69, 9.17) is 0 Å². The fourth-order valence-electron chi connectivity index (χ4n) is 4.18. The molecule has 0 unspecified atom stereocenters. The number of nitrogens with zero attached hydrogens (tertiary/aromatic N) is 3. The number of para-hydroxylation sites is 1. The van der Waals surface area contributed by atoms with Crippen molar-refractivity contribution in [2.45, 2.75) is 33.6 Å². The monoisotopic (exact) mass is 428 g/mol. The van der Waals surface area contributed by atoms with E-state index in [0.717, 1.165) is 54.1 Å². The number of amides is 2. The number of hydrogen-bond donors (Lipinski definition) is 1. The number of aromatic nitrogens is 2. The van der Waals surface area contributed by atoms with E-state index in [1.807, 2.05) is 72.8 Å². The molecule has 2 heterocycles. The average molecular weight is 429 g/mol. The number of aryl methyl sites for hydroxylation is 2. The average Bonchev–Trinajstić information content (AvgIpc) is 3.41. The molecule has 164 valence electrons. The van der Waals surface area contributed by atoms with Crippen molar-refractivity contribution in [3.05, 3.63) is 82.7 Å². The fraction of sp³-hybridized carbons (Fsp3) is 0.269. The number of carbonyl (C=O) groups is 2. The molecule has 32 heavy (non-hydrogen) atoms. The van der Waals surface area contributed by atoms with Gasteiger partial charge in [-0.25, -0.2) is 4.68 Å². The first-order valence-electron chi connectivity index (χ1n) is 11.0. The van der Waals surface area contributed by atoms with Gasteiger partial charge in [0.1, 0.15) is 0 Å². The molecule has 6 heteroatoms. The molecule has 0 aliphatic carbocycles. The number of anilines is 1. The smallest absolute Gasteiger partial charge is 0.256 e. The van der Waals surface area contributed by atoms with Crippen LogP contribution >= 0.6 is 0 Å². The van der Waals surface area contributed by atoms with Gasteiger partial charge in [-0.2, -0.15) is 5.10 Å². The molecule has 1 aliphatic rings. The van der Waals surface area contributed by atoms with E-state index in [-0.39, 0.29) is 11.8 Å². The first-order chi connectivity index (χ1) is 15.5. The highest BCUT2D eigenvalue weighted by molar-refractivity contribution is 6.08. The zero-order chi connectivity index (χ0) is 22.7. The molecule has 1 fully saturated rings. The van der Waals surface area contributed by atoms with Crippen molar-refractivity contribution >= 4 is 23.6 Å². The highest BCUT2D eigenvalue weighted by Crippen LogP contribution is 2.24. The summed E-state index contributed by atoms with van der Waals surface area (Å²) in [7, 11) is 0. The zero-order valence-corrected chi connectivity index (χ0v) is 18.8. The van der Waals surface area contributed by atoms with Crippen molar-refractivity contribution in [1.82, 2.24) is 14.7 Å². The lowest BCUT2D eigenvalue weighted by atomic mass is 10.0. The number of nitrogens with one attached hydrogen (secondary N) is 1. The topological polar surface area (TPSA) is 67.2 Å². The third kappa shape index (κ3) is 4.35. The van der Waals surface area contributed by atoms with Crippen LogP contribution in [0.25, 0.3) is 11.8 Å². The lowest BCUT2D eigenvalue weighted by molar-refractivity contribution is -0.111. The molecule has 0 spiro atoms. The van der Waals surface area contributed by atoms with E-state index in [1.165, 1.54) is 6.08 Å². The Labute approximate surface area is 188 Å². The van der Waals surface area contributed by atoms with E-state index in [1.54, 1.807) is 12.1 Å². The predicted octanol–water partition coefficient (Wildman–Crippen LogP) is 4.69. The van der Waals surface area contributed by atoms with Gasteiger partial charge in [0, 0.05) is 30.4 Å². The van der Waals surface area contributed by atoms with E-state index >= 15 is 0 Å². The van der Waals surface area contributed by atoms with Crippen LogP contribution in [0, 0.1) is 20.8 Å². The van der Waals surface area contributed by atoms with Crippen molar-refractivity contribution in [2.75, 3.05) is 18.4 Å². The maximum atomic E-state index is 13.0. The summed E-state index contributed by atoms with van der Waals surface area (Å²) in [6, 6.07) is 15.4. The van der Waals surface area contributed by atoms with Crippen LogP contribution < -0.4 is 5.32 Å². The third-order valence-electron chi connectivity index (χ3n) is 5.89. The SMILES string of the molecule is Cc1cccc(NC(=O)C=Cc2c(C)nn(-c3ccccc3)c2C)c1C(=O)N1CCCC1. The molecular formula is C26H28N4O2. The number of rotatable bonds is 5. The molecule has 4 rings (SSSR count). The van der Waals surface area contributed by atoms with Crippen molar-refractivity contribution in [1.29, 1.82) is 0 Å². The van der Waals surface area contributed by atoms with Gasteiger partial charge in [-0.05, 0) is 63.5 Å². The minimum Gasteiger partial charge on any atom is -0.339 e. The standard InChI is InChI=1S/C26H28N4O2/c1-18-10-9-13-23(25(18)26(32)29-16-7-8-17-29)27-24(31)15-14-22-19(2)28-30(20(22)3)21-11-5-4-6-12-21/h4-6,9-15H,7-8,16-17H2,1-3H3,(H,27,31). The molecule has 1 aliphatic heterocycles. The molecule has 1 saturated heterocycles.